The van der Waals surface area contributed by atoms with Crippen LogP contribution in [0.3, 0.4) is 0 Å². The number of urea groups is 1. The second kappa shape index (κ2) is 6.54. The first kappa shape index (κ1) is 17.3. The van der Waals surface area contributed by atoms with Crippen LogP contribution in [0.2, 0.25) is 0 Å². The molecule has 0 spiro atoms. The third-order valence-corrected chi connectivity index (χ3v) is 5.55. The lowest BCUT2D eigenvalue weighted by molar-refractivity contribution is -0.139. The van der Waals surface area contributed by atoms with E-state index in [1.807, 2.05) is 48.5 Å². The van der Waals surface area contributed by atoms with Crippen LogP contribution in [0.4, 0.5) is 4.79 Å². The van der Waals surface area contributed by atoms with Gasteiger partial charge in [0.1, 0.15) is 5.54 Å². The standard InChI is InChI=1S/C21H20N2O4/c24-18(25)16-12-17(16)21(19(26)22-20(27)23-21)10-9-13-5-4-8-15(11-13)14-6-2-1-3-7-14/h1-8,11,16-17H,9-10,12H2,(H,24,25)(H2,22,23,26,27)/t16-,17-,21?/m0/s1. The van der Waals surface area contributed by atoms with Gasteiger partial charge in [0.2, 0.25) is 0 Å². The molecule has 0 bridgehead atoms. The molecule has 3 amide bonds. The van der Waals surface area contributed by atoms with Crippen LogP contribution in [0.5, 0.6) is 0 Å². The summed E-state index contributed by atoms with van der Waals surface area (Å²) in [6.07, 6.45) is 1.35. The van der Waals surface area contributed by atoms with Crippen LogP contribution >= 0.6 is 0 Å². The Hall–Kier alpha value is -3.15. The van der Waals surface area contributed by atoms with Crippen molar-refractivity contribution in [1.82, 2.24) is 10.6 Å². The number of benzene rings is 2. The first-order chi connectivity index (χ1) is 13.0. The van der Waals surface area contributed by atoms with Gasteiger partial charge in [-0.2, -0.15) is 0 Å². The van der Waals surface area contributed by atoms with Gasteiger partial charge < -0.3 is 10.4 Å². The molecular weight excluding hydrogens is 344 g/mol. The van der Waals surface area contributed by atoms with Crippen LogP contribution < -0.4 is 10.6 Å². The molecule has 1 unspecified atom stereocenters. The molecule has 2 aliphatic rings. The van der Waals surface area contributed by atoms with Gasteiger partial charge in [0, 0.05) is 5.92 Å². The molecule has 1 aliphatic carbocycles. The summed E-state index contributed by atoms with van der Waals surface area (Å²) in [4.78, 5) is 35.5. The van der Waals surface area contributed by atoms with Crippen LogP contribution in [-0.2, 0) is 16.0 Å². The van der Waals surface area contributed by atoms with Gasteiger partial charge in [-0.05, 0) is 36.0 Å². The molecule has 1 saturated carbocycles. The number of nitrogens with one attached hydrogen (secondary N) is 2. The molecule has 6 heteroatoms. The van der Waals surface area contributed by atoms with Crippen molar-refractivity contribution in [3.63, 3.8) is 0 Å². The second-order valence-corrected chi connectivity index (χ2v) is 7.23. The molecule has 1 saturated heterocycles. The lowest BCUT2D eigenvalue weighted by atomic mass is 9.85. The van der Waals surface area contributed by atoms with Gasteiger partial charge >= 0.3 is 12.0 Å². The maximum absolute atomic E-state index is 12.5. The molecule has 138 valence electrons. The minimum Gasteiger partial charge on any atom is -0.481 e. The van der Waals surface area contributed by atoms with E-state index in [0.717, 1.165) is 16.7 Å². The molecule has 0 aromatic heterocycles. The number of carbonyl (C=O) groups is 3. The number of rotatable bonds is 6. The Morgan fingerprint density at radius 2 is 1.81 bits per heavy atom. The maximum Gasteiger partial charge on any atom is 0.322 e. The number of aliphatic carboxylic acids is 1. The van der Waals surface area contributed by atoms with Crippen molar-refractivity contribution >= 4 is 17.9 Å². The first-order valence-electron chi connectivity index (χ1n) is 9.00. The number of imide groups is 1. The largest absolute Gasteiger partial charge is 0.481 e. The van der Waals surface area contributed by atoms with Crippen molar-refractivity contribution in [1.29, 1.82) is 0 Å². The quantitative estimate of drug-likeness (QED) is 0.687. The topological polar surface area (TPSA) is 95.5 Å². The molecule has 27 heavy (non-hydrogen) atoms. The van der Waals surface area contributed by atoms with E-state index in [9.17, 15) is 19.5 Å². The maximum atomic E-state index is 12.5. The lowest BCUT2D eigenvalue weighted by Crippen LogP contribution is -2.50. The van der Waals surface area contributed by atoms with E-state index < -0.39 is 29.4 Å². The smallest absolute Gasteiger partial charge is 0.322 e. The van der Waals surface area contributed by atoms with Gasteiger partial charge in [0.15, 0.2) is 0 Å². The normalized spacial score (nSPS) is 26.4. The molecule has 1 aliphatic heterocycles. The Bertz CT molecular complexity index is 911. The third-order valence-electron chi connectivity index (χ3n) is 5.55. The highest BCUT2D eigenvalue weighted by molar-refractivity contribution is 6.08. The zero-order valence-electron chi connectivity index (χ0n) is 14.6. The highest BCUT2D eigenvalue weighted by atomic mass is 16.4. The summed E-state index contributed by atoms with van der Waals surface area (Å²) in [5.41, 5.74) is 2.09. The fourth-order valence-corrected chi connectivity index (χ4v) is 4.02. The van der Waals surface area contributed by atoms with Crippen LogP contribution in [0.15, 0.2) is 54.6 Å². The summed E-state index contributed by atoms with van der Waals surface area (Å²) < 4.78 is 0. The number of aryl methyl sites for hydroxylation is 1. The van der Waals surface area contributed by atoms with Gasteiger partial charge in [-0.25, -0.2) is 4.79 Å². The van der Waals surface area contributed by atoms with E-state index in [1.54, 1.807) is 0 Å². The molecule has 2 aromatic rings. The fourth-order valence-electron chi connectivity index (χ4n) is 4.02. The number of carboxylic acids is 1. The zero-order valence-corrected chi connectivity index (χ0v) is 14.6. The van der Waals surface area contributed by atoms with Crippen molar-refractivity contribution in [2.24, 2.45) is 11.8 Å². The van der Waals surface area contributed by atoms with Crippen molar-refractivity contribution in [2.75, 3.05) is 0 Å². The molecule has 0 radical (unpaired) electrons. The van der Waals surface area contributed by atoms with Crippen LogP contribution in [-0.4, -0.2) is 28.6 Å². The first-order valence-corrected chi connectivity index (χ1v) is 9.00. The van der Waals surface area contributed by atoms with E-state index in [4.69, 9.17) is 0 Å². The molecule has 3 atom stereocenters. The average molecular weight is 364 g/mol. The fraction of sp³-hybridized carbons (Fsp3) is 0.286. The molecule has 6 nitrogen and oxygen atoms in total. The number of amides is 3. The minimum absolute atomic E-state index is 0.362. The SMILES string of the molecule is O=C1NC(=O)C(CCc2cccc(-c3ccccc3)c2)([C@H]2C[C@@H]2C(=O)O)N1. The van der Waals surface area contributed by atoms with Crippen molar-refractivity contribution < 1.29 is 19.5 Å². The van der Waals surface area contributed by atoms with Crippen molar-refractivity contribution in [3.8, 4) is 11.1 Å². The van der Waals surface area contributed by atoms with Crippen LogP contribution in [0.25, 0.3) is 11.1 Å². The number of hydrogen-bond donors (Lipinski definition) is 3. The Kier molecular flexibility index (Phi) is 4.18. The summed E-state index contributed by atoms with van der Waals surface area (Å²) >= 11 is 0. The molecular formula is C21H20N2O4. The highest BCUT2D eigenvalue weighted by Gasteiger charge is 2.62. The highest BCUT2D eigenvalue weighted by Crippen LogP contribution is 2.49. The van der Waals surface area contributed by atoms with Gasteiger partial charge in [-0.3, -0.25) is 14.9 Å². The number of carboxylic acid groups (broad SMARTS) is 1. The summed E-state index contributed by atoms with van der Waals surface area (Å²) in [6, 6.07) is 17.5. The molecule has 1 heterocycles. The van der Waals surface area contributed by atoms with Crippen molar-refractivity contribution in [2.45, 2.75) is 24.8 Å². The van der Waals surface area contributed by atoms with Gasteiger partial charge in [0.05, 0.1) is 5.92 Å². The summed E-state index contributed by atoms with van der Waals surface area (Å²) in [5.74, 6) is -2.27. The van der Waals surface area contributed by atoms with E-state index in [-0.39, 0.29) is 5.92 Å². The monoisotopic (exact) mass is 364 g/mol. The predicted octanol–water partition coefficient (Wildman–Crippen LogP) is 2.59. The summed E-state index contributed by atoms with van der Waals surface area (Å²) in [5, 5.41) is 14.3. The van der Waals surface area contributed by atoms with Gasteiger partial charge in [-0.1, -0.05) is 54.6 Å². The van der Waals surface area contributed by atoms with Crippen LogP contribution in [0, 0.1) is 11.8 Å². The van der Waals surface area contributed by atoms with E-state index in [1.165, 1.54) is 0 Å². The molecule has 2 fully saturated rings. The molecule has 3 N–H and O–H groups in total. The zero-order chi connectivity index (χ0) is 19.0. The summed E-state index contributed by atoms with van der Waals surface area (Å²) in [7, 11) is 0. The third kappa shape index (κ3) is 3.18. The van der Waals surface area contributed by atoms with E-state index >= 15 is 0 Å². The Labute approximate surface area is 156 Å². The average Bonchev–Trinajstić information content (AvgIpc) is 3.42. The molecule has 4 rings (SSSR count). The van der Waals surface area contributed by atoms with Gasteiger partial charge in [-0.15, -0.1) is 0 Å². The van der Waals surface area contributed by atoms with E-state index in [2.05, 4.69) is 16.7 Å². The van der Waals surface area contributed by atoms with Crippen molar-refractivity contribution in [3.05, 3.63) is 60.2 Å². The van der Waals surface area contributed by atoms with Gasteiger partial charge in [0.25, 0.3) is 5.91 Å². The second-order valence-electron chi connectivity index (χ2n) is 7.23. The van der Waals surface area contributed by atoms with Crippen LogP contribution in [0.1, 0.15) is 18.4 Å². The summed E-state index contributed by atoms with van der Waals surface area (Å²) in [6.45, 7) is 0. The Morgan fingerprint density at radius 3 is 2.44 bits per heavy atom. The number of hydrogen-bond acceptors (Lipinski definition) is 3. The molecule has 2 aromatic carbocycles. The minimum atomic E-state index is -1.14. The Balaban J connectivity index is 1.55. The number of carbonyl (C=O) groups excluding carboxylic acids is 2. The predicted molar refractivity (Wildman–Crippen MR) is 98.8 cm³/mol. The lowest BCUT2D eigenvalue weighted by Gasteiger charge is -2.26. The van der Waals surface area contributed by atoms with E-state index in [0.29, 0.717) is 19.3 Å². The Morgan fingerprint density at radius 1 is 1.07 bits per heavy atom.